The van der Waals surface area contributed by atoms with Gasteiger partial charge >= 0.3 is 11.8 Å². The molecule has 6 rings (SSSR count). The standard InChI is InChI=1S/C34H35FN4O5/c1-42-31-18-25-27(19-32(31)43-20-21-11-14-37-15-12-21)38-16-13-29(25)44-30-10-9-23(17-26(30)35)39(34(41)33(36)40)28-8-4-6-22-5-2-3-7-24(22)28/h2-3,5,7,9-10,13,16-19,21,28,37H,4,6,8,11-12,14-15,20H2,1H3,(H2,36,40)/t28-/m1/s1. The van der Waals surface area contributed by atoms with Crippen LogP contribution in [0.1, 0.15) is 42.9 Å². The minimum absolute atomic E-state index is 0.0537. The molecule has 2 aliphatic rings. The summed E-state index contributed by atoms with van der Waals surface area (Å²) in [5.41, 5.74) is 8.28. The molecule has 1 aliphatic carbocycles. The normalized spacial score (nSPS) is 16.6. The number of hydrogen-bond donors (Lipinski definition) is 2. The van der Waals surface area contributed by atoms with Crippen LogP contribution in [0.2, 0.25) is 0 Å². The molecule has 4 aromatic rings. The minimum Gasteiger partial charge on any atom is -0.493 e. The van der Waals surface area contributed by atoms with E-state index in [1.54, 1.807) is 37.6 Å². The molecule has 0 unspecified atom stereocenters. The van der Waals surface area contributed by atoms with E-state index in [4.69, 9.17) is 19.9 Å². The molecule has 1 atom stereocenters. The first-order chi connectivity index (χ1) is 21.4. The number of amides is 2. The Kier molecular flexibility index (Phi) is 8.60. The van der Waals surface area contributed by atoms with Gasteiger partial charge in [0.05, 0.1) is 25.3 Å². The zero-order valence-corrected chi connectivity index (χ0v) is 24.6. The third-order valence-electron chi connectivity index (χ3n) is 8.41. The SMILES string of the molecule is COc1cc2c(Oc3ccc(N(C(=O)C(N)=O)[C@@H]4CCCc5ccccc54)cc3F)ccnc2cc1OCC1CCNCC1. The smallest absolute Gasteiger partial charge is 0.316 e. The predicted molar refractivity (Wildman–Crippen MR) is 165 cm³/mol. The monoisotopic (exact) mass is 598 g/mol. The van der Waals surface area contributed by atoms with Crippen molar-refractivity contribution in [1.82, 2.24) is 10.3 Å². The van der Waals surface area contributed by atoms with Gasteiger partial charge < -0.3 is 25.3 Å². The number of nitrogens with one attached hydrogen (secondary N) is 1. The summed E-state index contributed by atoms with van der Waals surface area (Å²) in [5.74, 6) is -0.816. The van der Waals surface area contributed by atoms with Crippen LogP contribution >= 0.6 is 0 Å². The number of fused-ring (bicyclic) bond motifs is 2. The van der Waals surface area contributed by atoms with E-state index in [0.717, 1.165) is 49.9 Å². The molecule has 0 saturated carbocycles. The first-order valence-electron chi connectivity index (χ1n) is 14.9. The maximum atomic E-state index is 15.7. The van der Waals surface area contributed by atoms with Crippen molar-refractivity contribution in [3.05, 3.63) is 83.8 Å². The van der Waals surface area contributed by atoms with Crippen LogP contribution in [0.3, 0.4) is 0 Å². The number of ether oxygens (including phenoxy) is 3. The molecule has 2 amide bonds. The van der Waals surface area contributed by atoms with Gasteiger partial charge in [-0.3, -0.25) is 19.5 Å². The summed E-state index contributed by atoms with van der Waals surface area (Å²) in [7, 11) is 1.57. The lowest BCUT2D eigenvalue weighted by Gasteiger charge is -2.35. The molecule has 2 heterocycles. The van der Waals surface area contributed by atoms with E-state index < -0.39 is 23.7 Å². The van der Waals surface area contributed by atoms with E-state index >= 15 is 4.39 Å². The van der Waals surface area contributed by atoms with Crippen molar-refractivity contribution in [2.45, 2.75) is 38.1 Å². The molecule has 3 N–H and O–H groups in total. The molecular formula is C34H35FN4O5. The Morgan fingerprint density at radius 2 is 1.82 bits per heavy atom. The number of aryl methyl sites for hydroxylation is 1. The number of halogens is 1. The van der Waals surface area contributed by atoms with Gasteiger partial charge in [0.15, 0.2) is 23.1 Å². The fraction of sp³-hybridized carbons (Fsp3) is 0.324. The molecular weight excluding hydrogens is 563 g/mol. The van der Waals surface area contributed by atoms with E-state index in [-0.39, 0.29) is 11.4 Å². The molecule has 1 fully saturated rings. The lowest BCUT2D eigenvalue weighted by molar-refractivity contribution is -0.136. The predicted octanol–water partition coefficient (Wildman–Crippen LogP) is 5.45. The fourth-order valence-corrected chi connectivity index (χ4v) is 6.14. The highest BCUT2D eigenvalue weighted by Gasteiger charge is 2.33. The summed E-state index contributed by atoms with van der Waals surface area (Å²) in [6, 6.07) is 16.7. The Morgan fingerprint density at radius 3 is 2.59 bits per heavy atom. The van der Waals surface area contributed by atoms with Gasteiger partial charge in [0.1, 0.15) is 5.75 Å². The Morgan fingerprint density at radius 1 is 1.00 bits per heavy atom. The summed E-state index contributed by atoms with van der Waals surface area (Å²) in [5, 5.41) is 3.98. The number of nitrogens with zero attached hydrogens (tertiary/aromatic N) is 2. The topological polar surface area (TPSA) is 116 Å². The summed E-state index contributed by atoms with van der Waals surface area (Å²) >= 11 is 0. The number of aromatic nitrogens is 1. The van der Waals surface area contributed by atoms with Crippen molar-refractivity contribution >= 4 is 28.4 Å². The fourth-order valence-electron chi connectivity index (χ4n) is 6.14. The van der Waals surface area contributed by atoms with Crippen LogP contribution in [0.25, 0.3) is 10.9 Å². The molecule has 0 spiro atoms. The van der Waals surface area contributed by atoms with E-state index in [1.807, 2.05) is 24.3 Å². The molecule has 0 radical (unpaired) electrons. The Bertz CT molecular complexity index is 1690. The van der Waals surface area contributed by atoms with Crippen molar-refractivity contribution in [2.24, 2.45) is 11.7 Å². The van der Waals surface area contributed by atoms with Crippen LogP contribution in [0.4, 0.5) is 10.1 Å². The number of anilines is 1. The van der Waals surface area contributed by atoms with Gasteiger partial charge in [0.25, 0.3) is 0 Å². The molecule has 9 nitrogen and oxygen atoms in total. The first-order valence-corrected chi connectivity index (χ1v) is 14.9. The minimum atomic E-state index is -1.11. The molecule has 228 valence electrons. The molecule has 3 aromatic carbocycles. The van der Waals surface area contributed by atoms with Gasteiger partial charge in [-0.1, -0.05) is 24.3 Å². The van der Waals surface area contributed by atoms with Gasteiger partial charge in [-0.2, -0.15) is 0 Å². The molecule has 0 bridgehead atoms. The largest absolute Gasteiger partial charge is 0.493 e. The Balaban J connectivity index is 1.28. The number of primary amides is 1. The lowest BCUT2D eigenvalue weighted by atomic mass is 9.86. The quantitative estimate of drug-likeness (QED) is 0.259. The van der Waals surface area contributed by atoms with Gasteiger partial charge in [-0.25, -0.2) is 4.39 Å². The highest BCUT2D eigenvalue weighted by molar-refractivity contribution is 6.40. The van der Waals surface area contributed by atoms with E-state index in [1.165, 1.54) is 17.0 Å². The maximum absolute atomic E-state index is 15.7. The number of nitrogens with two attached hydrogens (primary N) is 1. The molecule has 44 heavy (non-hydrogen) atoms. The van der Waals surface area contributed by atoms with E-state index in [0.29, 0.717) is 47.1 Å². The second kappa shape index (κ2) is 12.9. The van der Waals surface area contributed by atoms with Crippen molar-refractivity contribution < 1.29 is 28.2 Å². The third kappa shape index (κ3) is 6.03. The number of hydrogen-bond acceptors (Lipinski definition) is 7. The van der Waals surface area contributed by atoms with Crippen molar-refractivity contribution in [3.8, 4) is 23.0 Å². The van der Waals surface area contributed by atoms with E-state index in [2.05, 4.69) is 10.3 Å². The summed E-state index contributed by atoms with van der Waals surface area (Å²) < 4.78 is 33.5. The summed E-state index contributed by atoms with van der Waals surface area (Å²) in [4.78, 5) is 30.9. The van der Waals surface area contributed by atoms with Crippen LogP contribution < -0.4 is 30.2 Å². The average Bonchev–Trinajstić information content (AvgIpc) is 3.05. The van der Waals surface area contributed by atoms with Crippen LogP contribution in [0, 0.1) is 11.7 Å². The van der Waals surface area contributed by atoms with Crippen LogP contribution in [0.15, 0.2) is 66.9 Å². The van der Waals surface area contributed by atoms with Crippen LogP contribution in [-0.2, 0) is 16.0 Å². The van der Waals surface area contributed by atoms with E-state index in [9.17, 15) is 9.59 Å². The molecule has 1 saturated heterocycles. The molecule has 1 aliphatic heterocycles. The van der Waals surface area contributed by atoms with Crippen LogP contribution in [-0.4, -0.2) is 43.6 Å². The third-order valence-corrected chi connectivity index (χ3v) is 8.41. The zero-order valence-electron chi connectivity index (χ0n) is 24.6. The lowest BCUT2D eigenvalue weighted by Crippen LogP contribution is -2.43. The maximum Gasteiger partial charge on any atom is 0.316 e. The molecule has 10 heteroatoms. The number of methoxy groups -OCH3 is 1. The number of carbonyl (C=O) groups excluding carboxylic acids is 2. The summed E-state index contributed by atoms with van der Waals surface area (Å²) in [6.45, 7) is 2.55. The highest BCUT2D eigenvalue weighted by Crippen LogP contribution is 2.41. The van der Waals surface area contributed by atoms with Crippen molar-refractivity contribution in [1.29, 1.82) is 0 Å². The average molecular weight is 599 g/mol. The van der Waals surface area contributed by atoms with Gasteiger partial charge in [-0.05, 0) is 86.5 Å². The highest BCUT2D eigenvalue weighted by atomic mass is 19.1. The van der Waals surface area contributed by atoms with Gasteiger partial charge in [0.2, 0.25) is 0 Å². The number of pyridine rings is 1. The second-order valence-corrected chi connectivity index (χ2v) is 11.2. The van der Waals surface area contributed by atoms with Gasteiger partial charge in [0, 0.05) is 29.4 Å². The van der Waals surface area contributed by atoms with Crippen LogP contribution in [0.5, 0.6) is 23.0 Å². The zero-order chi connectivity index (χ0) is 30.6. The first kappa shape index (κ1) is 29.4. The number of piperidine rings is 1. The number of carbonyl (C=O) groups is 2. The second-order valence-electron chi connectivity index (χ2n) is 11.2. The van der Waals surface area contributed by atoms with Crippen molar-refractivity contribution in [2.75, 3.05) is 31.7 Å². The number of rotatable bonds is 8. The summed E-state index contributed by atoms with van der Waals surface area (Å²) in [6.07, 6.45) is 5.99. The Hall–Kier alpha value is -4.70. The van der Waals surface area contributed by atoms with Gasteiger partial charge in [-0.15, -0.1) is 0 Å². The number of benzene rings is 3. The molecule has 1 aromatic heterocycles. The Labute approximate surface area is 255 Å². The van der Waals surface area contributed by atoms with Crippen molar-refractivity contribution in [3.63, 3.8) is 0 Å².